The number of aromatic nitrogens is 2. The van der Waals surface area contributed by atoms with Crippen LogP contribution in [0, 0.1) is 6.92 Å². The van der Waals surface area contributed by atoms with Gasteiger partial charge >= 0.3 is 0 Å². The van der Waals surface area contributed by atoms with Crippen LogP contribution < -0.4 is 5.32 Å². The molecule has 17 heavy (non-hydrogen) atoms. The molecule has 0 unspecified atom stereocenters. The van der Waals surface area contributed by atoms with E-state index >= 15 is 0 Å². The van der Waals surface area contributed by atoms with E-state index in [0.717, 1.165) is 18.0 Å². The van der Waals surface area contributed by atoms with E-state index in [4.69, 9.17) is 0 Å². The van der Waals surface area contributed by atoms with E-state index < -0.39 is 0 Å². The van der Waals surface area contributed by atoms with Crippen molar-refractivity contribution in [3.63, 3.8) is 0 Å². The molecule has 5 heteroatoms. The van der Waals surface area contributed by atoms with E-state index in [1.165, 1.54) is 31.3 Å². The maximum atomic E-state index is 11.8. The first-order valence-corrected chi connectivity index (χ1v) is 6.80. The quantitative estimate of drug-likeness (QED) is 0.836. The lowest BCUT2D eigenvalue weighted by atomic mass is 9.97. The highest BCUT2D eigenvalue weighted by Crippen LogP contribution is 2.19. The highest BCUT2D eigenvalue weighted by Gasteiger charge is 2.12. The molecule has 0 aliphatic heterocycles. The normalized spacial score (nSPS) is 15.5. The van der Waals surface area contributed by atoms with Crippen LogP contribution in [0.15, 0.2) is 11.6 Å². The monoisotopic (exact) mass is 251 g/mol. The number of aryl methyl sites for hydroxylation is 1. The molecule has 0 atom stereocenters. The molecule has 0 aromatic carbocycles. The number of rotatable bonds is 4. The Bertz CT molecular complexity index is 425. The molecular weight excluding hydrogens is 234 g/mol. The van der Waals surface area contributed by atoms with Crippen molar-refractivity contribution < 1.29 is 4.79 Å². The van der Waals surface area contributed by atoms with Crippen molar-refractivity contribution in [1.29, 1.82) is 0 Å². The van der Waals surface area contributed by atoms with Crippen molar-refractivity contribution in [2.75, 3.05) is 6.54 Å². The zero-order valence-electron chi connectivity index (χ0n) is 10.0. The number of nitrogens with zero attached hydrogens (tertiary/aromatic N) is 2. The van der Waals surface area contributed by atoms with Gasteiger partial charge in [-0.15, -0.1) is 5.10 Å². The van der Waals surface area contributed by atoms with Crippen molar-refractivity contribution in [2.45, 2.75) is 39.0 Å². The van der Waals surface area contributed by atoms with Crippen LogP contribution in [0.1, 0.15) is 47.5 Å². The Hall–Kier alpha value is -1.23. The minimum absolute atomic E-state index is 0.0473. The number of carbonyl (C=O) groups excluding carboxylic acids is 1. The van der Waals surface area contributed by atoms with Gasteiger partial charge in [-0.05, 0) is 50.6 Å². The first-order chi connectivity index (χ1) is 8.27. The van der Waals surface area contributed by atoms with E-state index in [9.17, 15) is 4.79 Å². The molecule has 0 bridgehead atoms. The Morgan fingerprint density at radius 3 is 3.06 bits per heavy atom. The second-order valence-corrected chi connectivity index (χ2v) is 5.06. The molecule has 0 fully saturated rings. The standard InChI is InChI=1S/C12H17N3OS/c1-9-11(17-15-14-9)12(16)13-8-7-10-5-3-2-4-6-10/h5H,2-4,6-8H2,1H3,(H,13,16). The molecule has 1 heterocycles. The first-order valence-electron chi connectivity index (χ1n) is 6.02. The fourth-order valence-electron chi connectivity index (χ4n) is 1.99. The van der Waals surface area contributed by atoms with Gasteiger partial charge in [-0.25, -0.2) is 0 Å². The molecule has 0 saturated carbocycles. The zero-order chi connectivity index (χ0) is 12.1. The molecule has 4 nitrogen and oxygen atoms in total. The van der Waals surface area contributed by atoms with E-state index in [1.807, 2.05) is 6.92 Å². The topological polar surface area (TPSA) is 54.9 Å². The van der Waals surface area contributed by atoms with E-state index in [1.54, 1.807) is 0 Å². The average molecular weight is 251 g/mol. The summed E-state index contributed by atoms with van der Waals surface area (Å²) >= 11 is 1.16. The molecule has 1 amide bonds. The van der Waals surface area contributed by atoms with Crippen molar-refractivity contribution in [1.82, 2.24) is 14.9 Å². The van der Waals surface area contributed by atoms with Crippen LogP contribution >= 0.6 is 11.5 Å². The Kier molecular flexibility index (Phi) is 4.25. The molecule has 0 radical (unpaired) electrons. The van der Waals surface area contributed by atoms with E-state index in [2.05, 4.69) is 21.0 Å². The summed E-state index contributed by atoms with van der Waals surface area (Å²) in [6.07, 6.45) is 8.27. The maximum Gasteiger partial charge on any atom is 0.264 e. The zero-order valence-corrected chi connectivity index (χ0v) is 10.8. The van der Waals surface area contributed by atoms with Crippen molar-refractivity contribution in [3.05, 3.63) is 22.2 Å². The fraction of sp³-hybridized carbons (Fsp3) is 0.583. The van der Waals surface area contributed by atoms with Gasteiger partial charge in [0.25, 0.3) is 5.91 Å². The average Bonchev–Trinajstić information content (AvgIpc) is 2.77. The number of carbonyl (C=O) groups is 1. The molecule has 1 N–H and O–H groups in total. The van der Waals surface area contributed by atoms with Gasteiger partial charge in [0.2, 0.25) is 0 Å². The lowest BCUT2D eigenvalue weighted by Crippen LogP contribution is -2.24. The summed E-state index contributed by atoms with van der Waals surface area (Å²) in [7, 11) is 0. The van der Waals surface area contributed by atoms with Gasteiger partial charge in [-0.3, -0.25) is 4.79 Å². The third-order valence-corrected chi connectivity index (χ3v) is 3.80. The minimum Gasteiger partial charge on any atom is -0.351 e. The summed E-state index contributed by atoms with van der Waals surface area (Å²) in [5.41, 5.74) is 2.19. The fourth-order valence-corrected chi connectivity index (χ4v) is 2.56. The SMILES string of the molecule is Cc1nnsc1C(=O)NCCC1=CCCCC1. The maximum absolute atomic E-state index is 11.8. The number of nitrogens with one attached hydrogen (secondary N) is 1. The molecule has 1 aliphatic carbocycles. The Balaban J connectivity index is 1.77. The van der Waals surface area contributed by atoms with Gasteiger partial charge in [0.1, 0.15) is 4.88 Å². The van der Waals surface area contributed by atoms with Gasteiger partial charge in [0.05, 0.1) is 5.69 Å². The number of allylic oxidation sites excluding steroid dienone is 1. The second-order valence-electron chi connectivity index (χ2n) is 4.30. The summed E-state index contributed by atoms with van der Waals surface area (Å²) in [4.78, 5) is 12.4. The highest BCUT2D eigenvalue weighted by molar-refractivity contribution is 7.07. The molecule has 0 spiro atoms. The Labute approximate surface area is 105 Å². The van der Waals surface area contributed by atoms with Crippen LogP contribution in [0.25, 0.3) is 0 Å². The van der Waals surface area contributed by atoms with Gasteiger partial charge in [-0.2, -0.15) is 0 Å². The third kappa shape index (κ3) is 3.36. The van der Waals surface area contributed by atoms with Crippen molar-refractivity contribution in [2.24, 2.45) is 0 Å². The summed E-state index contributed by atoms with van der Waals surface area (Å²) in [6, 6.07) is 0. The summed E-state index contributed by atoms with van der Waals surface area (Å²) in [6.45, 7) is 2.52. The summed E-state index contributed by atoms with van der Waals surface area (Å²) < 4.78 is 3.76. The molecule has 1 aromatic rings. The third-order valence-electron chi connectivity index (χ3n) is 2.97. The predicted octanol–water partition coefficient (Wildman–Crippen LogP) is 2.47. The number of amides is 1. The molecule has 2 rings (SSSR count). The van der Waals surface area contributed by atoms with Gasteiger partial charge < -0.3 is 5.32 Å². The Morgan fingerprint density at radius 1 is 1.53 bits per heavy atom. The molecule has 0 saturated heterocycles. The largest absolute Gasteiger partial charge is 0.351 e. The summed E-state index contributed by atoms with van der Waals surface area (Å²) in [5.74, 6) is -0.0473. The molecule has 1 aromatic heterocycles. The minimum atomic E-state index is -0.0473. The van der Waals surface area contributed by atoms with Crippen LogP contribution in [0.4, 0.5) is 0 Å². The predicted molar refractivity (Wildman–Crippen MR) is 68.1 cm³/mol. The number of hydrogen-bond acceptors (Lipinski definition) is 4. The van der Waals surface area contributed by atoms with Crippen LogP contribution in [0.5, 0.6) is 0 Å². The second kappa shape index (κ2) is 5.91. The molecule has 92 valence electrons. The van der Waals surface area contributed by atoms with E-state index in [0.29, 0.717) is 17.1 Å². The van der Waals surface area contributed by atoms with Crippen LogP contribution in [-0.2, 0) is 0 Å². The van der Waals surface area contributed by atoms with Gasteiger partial charge in [0.15, 0.2) is 0 Å². The highest BCUT2D eigenvalue weighted by atomic mass is 32.1. The lowest BCUT2D eigenvalue weighted by Gasteiger charge is -2.12. The van der Waals surface area contributed by atoms with Crippen LogP contribution in [0.2, 0.25) is 0 Å². The van der Waals surface area contributed by atoms with Crippen LogP contribution in [0.3, 0.4) is 0 Å². The number of hydrogen-bond donors (Lipinski definition) is 1. The first kappa shape index (κ1) is 12.2. The van der Waals surface area contributed by atoms with E-state index in [-0.39, 0.29) is 5.91 Å². The van der Waals surface area contributed by atoms with Gasteiger partial charge in [0, 0.05) is 6.54 Å². The molecular formula is C12H17N3OS. The van der Waals surface area contributed by atoms with Crippen molar-refractivity contribution in [3.8, 4) is 0 Å². The lowest BCUT2D eigenvalue weighted by molar-refractivity contribution is 0.0957. The Morgan fingerprint density at radius 2 is 2.41 bits per heavy atom. The smallest absolute Gasteiger partial charge is 0.264 e. The molecule has 1 aliphatic rings. The van der Waals surface area contributed by atoms with Crippen LogP contribution in [-0.4, -0.2) is 22.0 Å². The van der Waals surface area contributed by atoms with Crippen molar-refractivity contribution >= 4 is 17.4 Å². The summed E-state index contributed by atoms with van der Waals surface area (Å²) in [5, 5.41) is 6.76. The van der Waals surface area contributed by atoms with Gasteiger partial charge in [-0.1, -0.05) is 16.1 Å².